The minimum Gasteiger partial charge on any atom is -0.342 e. The highest BCUT2D eigenvalue weighted by Gasteiger charge is 2.33. The van der Waals surface area contributed by atoms with Gasteiger partial charge in [0, 0.05) is 38.3 Å². The number of nitrogens with zero attached hydrogens (tertiary/aromatic N) is 2. The van der Waals surface area contributed by atoms with Crippen LogP contribution in [0, 0.1) is 5.92 Å². The third-order valence-electron chi connectivity index (χ3n) is 4.83. The molecule has 150 valence electrons. The molecule has 1 saturated heterocycles. The topological polar surface area (TPSA) is 86.8 Å². The van der Waals surface area contributed by atoms with E-state index in [0.717, 1.165) is 12.8 Å². The summed E-state index contributed by atoms with van der Waals surface area (Å²) in [6, 6.07) is 6.16. The zero-order valence-corrected chi connectivity index (χ0v) is 17.1. The van der Waals surface area contributed by atoms with Crippen molar-refractivity contribution in [3.05, 3.63) is 24.3 Å². The summed E-state index contributed by atoms with van der Waals surface area (Å²) in [6.07, 6.45) is 2.16. The highest BCUT2D eigenvalue weighted by atomic mass is 32.2. The minimum atomic E-state index is -3.52. The van der Waals surface area contributed by atoms with Gasteiger partial charge in [-0.1, -0.05) is 27.2 Å². The van der Waals surface area contributed by atoms with Crippen LogP contribution in [0.4, 0.5) is 5.69 Å². The summed E-state index contributed by atoms with van der Waals surface area (Å²) in [6.45, 7) is 7.60. The highest BCUT2D eigenvalue weighted by Crippen LogP contribution is 2.22. The first-order valence-electron chi connectivity index (χ1n) is 9.52. The number of sulfonamides is 1. The van der Waals surface area contributed by atoms with Gasteiger partial charge in [-0.3, -0.25) is 9.59 Å². The molecule has 1 aromatic carbocycles. The predicted molar refractivity (Wildman–Crippen MR) is 105 cm³/mol. The van der Waals surface area contributed by atoms with Gasteiger partial charge in [0.1, 0.15) is 0 Å². The molecule has 0 bridgehead atoms. The summed E-state index contributed by atoms with van der Waals surface area (Å²) in [7, 11) is -3.52. The molecule has 1 heterocycles. The minimum absolute atomic E-state index is 0.0178. The molecular formula is C19H29N3O4S. The van der Waals surface area contributed by atoms with Crippen molar-refractivity contribution in [3.63, 3.8) is 0 Å². The maximum Gasteiger partial charge on any atom is 0.243 e. The molecule has 1 aliphatic heterocycles. The molecule has 27 heavy (non-hydrogen) atoms. The van der Waals surface area contributed by atoms with Crippen LogP contribution in [0.2, 0.25) is 0 Å². The number of carbonyl (C=O) groups is 2. The SMILES string of the molecule is CCCCN1C[C@@H](C(=O)Nc2ccc(S(=O)(=O)N(CC)CC)cc2)CC1=O. The summed E-state index contributed by atoms with van der Waals surface area (Å²) in [4.78, 5) is 26.4. The Morgan fingerprint density at radius 1 is 1.19 bits per heavy atom. The number of hydrogen-bond acceptors (Lipinski definition) is 4. The van der Waals surface area contributed by atoms with E-state index in [2.05, 4.69) is 12.2 Å². The highest BCUT2D eigenvalue weighted by molar-refractivity contribution is 7.89. The van der Waals surface area contributed by atoms with Crippen LogP contribution in [-0.4, -0.2) is 55.6 Å². The van der Waals surface area contributed by atoms with E-state index in [-0.39, 0.29) is 29.0 Å². The Morgan fingerprint density at radius 2 is 1.81 bits per heavy atom. The molecule has 8 heteroatoms. The Hall–Kier alpha value is -1.93. The van der Waals surface area contributed by atoms with E-state index in [4.69, 9.17) is 0 Å². The van der Waals surface area contributed by atoms with Crippen molar-refractivity contribution in [2.75, 3.05) is 31.5 Å². The number of anilines is 1. The van der Waals surface area contributed by atoms with Crippen molar-refractivity contribution in [2.45, 2.75) is 44.9 Å². The molecule has 1 aromatic rings. The number of likely N-dealkylation sites (tertiary alicyclic amines) is 1. The lowest BCUT2D eigenvalue weighted by atomic mass is 10.1. The van der Waals surface area contributed by atoms with E-state index in [1.54, 1.807) is 30.9 Å². The van der Waals surface area contributed by atoms with Gasteiger partial charge in [-0.05, 0) is 30.7 Å². The van der Waals surface area contributed by atoms with Gasteiger partial charge in [-0.15, -0.1) is 0 Å². The fourth-order valence-corrected chi connectivity index (χ4v) is 4.64. The van der Waals surface area contributed by atoms with Gasteiger partial charge in [0.15, 0.2) is 0 Å². The fourth-order valence-electron chi connectivity index (χ4n) is 3.18. The second-order valence-corrected chi connectivity index (χ2v) is 8.64. The number of unbranched alkanes of at least 4 members (excludes halogenated alkanes) is 1. The van der Waals surface area contributed by atoms with E-state index < -0.39 is 10.0 Å². The molecule has 7 nitrogen and oxygen atoms in total. The molecule has 1 atom stereocenters. The van der Waals surface area contributed by atoms with Gasteiger partial charge in [-0.25, -0.2) is 8.42 Å². The van der Waals surface area contributed by atoms with Crippen molar-refractivity contribution in [1.29, 1.82) is 0 Å². The molecule has 1 fully saturated rings. The Kier molecular flexibility index (Phi) is 7.38. The van der Waals surface area contributed by atoms with Crippen LogP contribution < -0.4 is 5.32 Å². The lowest BCUT2D eigenvalue weighted by molar-refractivity contribution is -0.128. The van der Waals surface area contributed by atoms with E-state index >= 15 is 0 Å². The first-order chi connectivity index (χ1) is 12.8. The Balaban J connectivity index is 2.00. The zero-order chi connectivity index (χ0) is 20.0. The first kappa shape index (κ1) is 21.4. The molecule has 0 saturated carbocycles. The third-order valence-corrected chi connectivity index (χ3v) is 6.90. The molecule has 0 aromatic heterocycles. The molecule has 0 spiro atoms. The third kappa shape index (κ3) is 5.07. The quantitative estimate of drug-likeness (QED) is 0.695. The van der Waals surface area contributed by atoms with Gasteiger partial charge in [-0.2, -0.15) is 4.31 Å². The molecule has 0 aliphatic carbocycles. The maximum atomic E-state index is 12.5. The Labute approximate surface area is 161 Å². The van der Waals surface area contributed by atoms with Gasteiger partial charge >= 0.3 is 0 Å². The lowest BCUT2D eigenvalue weighted by Crippen LogP contribution is -2.30. The molecule has 1 aliphatic rings. The predicted octanol–water partition coefficient (Wildman–Crippen LogP) is 2.30. The molecule has 0 radical (unpaired) electrons. The summed E-state index contributed by atoms with van der Waals surface area (Å²) in [5.41, 5.74) is 0.526. The fraction of sp³-hybridized carbons (Fsp3) is 0.579. The smallest absolute Gasteiger partial charge is 0.243 e. The maximum absolute atomic E-state index is 12.5. The van der Waals surface area contributed by atoms with Crippen LogP contribution in [0.1, 0.15) is 40.0 Å². The largest absolute Gasteiger partial charge is 0.342 e. The molecule has 0 unspecified atom stereocenters. The summed E-state index contributed by atoms with van der Waals surface area (Å²) in [5.74, 6) is -0.556. The van der Waals surface area contributed by atoms with Crippen LogP contribution in [0.15, 0.2) is 29.2 Å². The second-order valence-electron chi connectivity index (χ2n) is 6.70. The standard InChI is InChI=1S/C19H29N3O4S/c1-4-7-12-21-14-15(13-18(21)23)19(24)20-16-8-10-17(11-9-16)27(25,26)22(5-2)6-3/h8-11,15H,4-7,12-14H2,1-3H3,(H,20,24)/t15-/m0/s1. The number of nitrogens with one attached hydrogen (secondary N) is 1. The normalized spacial score (nSPS) is 17.6. The van der Waals surface area contributed by atoms with Gasteiger partial charge in [0.25, 0.3) is 0 Å². The summed E-state index contributed by atoms with van der Waals surface area (Å²) >= 11 is 0. The monoisotopic (exact) mass is 395 g/mol. The lowest BCUT2D eigenvalue weighted by Gasteiger charge is -2.18. The number of amides is 2. The molecule has 2 rings (SSSR count). The van der Waals surface area contributed by atoms with Crippen molar-refractivity contribution in [3.8, 4) is 0 Å². The Bertz CT molecular complexity index is 758. The number of benzene rings is 1. The van der Waals surface area contributed by atoms with Crippen LogP contribution in [-0.2, 0) is 19.6 Å². The average Bonchev–Trinajstić information content (AvgIpc) is 3.02. The zero-order valence-electron chi connectivity index (χ0n) is 16.3. The number of hydrogen-bond donors (Lipinski definition) is 1. The van der Waals surface area contributed by atoms with E-state index in [0.29, 0.717) is 31.9 Å². The Morgan fingerprint density at radius 3 is 2.37 bits per heavy atom. The van der Waals surface area contributed by atoms with Crippen LogP contribution in [0.5, 0.6) is 0 Å². The van der Waals surface area contributed by atoms with Crippen LogP contribution in [0.25, 0.3) is 0 Å². The van der Waals surface area contributed by atoms with Crippen LogP contribution in [0.3, 0.4) is 0 Å². The van der Waals surface area contributed by atoms with Gasteiger partial charge in [0.05, 0.1) is 10.8 Å². The van der Waals surface area contributed by atoms with E-state index in [1.807, 2.05) is 0 Å². The number of rotatable bonds is 9. The van der Waals surface area contributed by atoms with Crippen molar-refractivity contribution in [1.82, 2.24) is 9.21 Å². The first-order valence-corrected chi connectivity index (χ1v) is 11.0. The molecule has 2 amide bonds. The van der Waals surface area contributed by atoms with E-state index in [9.17, 15) is 18.0 Å². The summed E-state index contributed by atoms with van der Waals surface area (Å²) < 4.78 is 26.4. The van der Waals surface area contributed by atoms with Crippen molar-refractivity contribution in [2.24, 2.45) is 5.92 Å². The van der Waals surface area contributed by atoms with Crippen molar-refractivity contribution < 1.29 is 18.0 Å². The molecular weight excluding hydrogens is 366 g/mol. The average molecular weight is 396 g/mol. The van der Waals surface area contributed by atoms with Crippen molar-refractivity contribution >= 4 is 27.5 Å². The van der Waals surface area contributed by atoms with Gasteiger partial charge in [0.2, 0.25) is 21.8 Å². The van der Waals surface area contributed by atoms with Gasteiger partial charge < -0.3 is 10.2 Å². The van der Waals surface area contributed by atoms with Crippen LogP contribution >= 0.6 is 0 Å². The number of carbonyl (C=O) groups excluding carboxylic acids is 2. The van der Waals surface area contributed by atoms with E-state index in [1.165, 1.54) is 16.4 Å². The summed E-state index contributed by atoms with van der Waals surface area (Å²) in [5, 5.41) is 2.79. The second kappa shape index (κ2) is 9.32. The molecule has 1 N–H and O–H groups in total.